The predicted octanol–water partition coefficient (Wildman–Crippen LogP) is 3.81. The number of aliphatic hydroxyl groups excluding tert-OH is 1. The molecule has 0 aromatic heterocycles. The van der Waals surface area contributed by atoms with E-state index in [1.807, 2.05) is 43.5 Å². The van der Waals surface area contributed by atoms with E-state index >= 15 is 0 Å². The molecule has 0 radical (unpaired) electrons. The summed E-state index contributed by atoms with van der Waals surface area (Å²) in [5, 5.41) is 15.3. The van der Waals surface area contributed by atoms with Crippen LogP contribution in [0.5, 0.6) is 0 Å². The van der Waals surface area contributed by atoms with Crippen molar-refractivity contribution in [3.8, 4) is 0 Å². The molecule has 0 amide bonds. The molecule has 1 fully saturated rings. The van der Waals surface area contributed by atoms with Crippen molar-refractivity contribution in [3.05, 3.63) is 42.1 Å². The second kappa shape index (κ2) is 10.0. The molecule has 28 heavy (non-hydrogen) atoms. The van der Waals surface area contributed by atoms with Crippen molar-refractivity contribution in [3.63, 3.8) is 0 Å². The summed E-state index contributed by atoms with van der Waals surface area (Å²) in [5.41, 5.74) is 2.02. The first-order valence-corrected chi connectivity index (χ1v) is 12.4. The van der Waals surface area contributed by atoms with E-state index < -0.39 is 13.5 Å². The largest absolute Gasteiger partial charge is 0.391 e. The number of nitrogens with one attached hydrogen (secondary N) is 1. The lowest BCUT2D eigenvalue weighted by molar-refractivity contribution is 0.179. The predicted molar refractivity (Wildman–Crippen MR) is 113 cm³/mol. The lowest BCUT2D eigenvalue weighted by Gasteiger charge is -2.25. The Morgan fingerprint density at radius 1 is 1.32 bits per heavy atom. The first-order chi connectivity index (χ1) is 13.4. The third-order valence-electron chi connectivity index (χ3n) is 5.60. The van der Waals surface area contributed by atoms with E-state index in [4.69, 9.17) is 4.84 Å². The van der Waals surface area contributed by atoms with E-state index in [9.17, 15) is 14.6 Å². The first-order valence-electron chi connectivity index (χ1n) is 10.3. The monoisotopic (exact) mass is 408 g/mol. The van der Waals surface area contributed by atoms with E-state index in [1.165, 1.54) is 6.42 Å². The van der Waals surface area contributed by atoms with Crippen LogP contribution in [-0.4, -0.2) is 41.6 Å². The number of anilines is 1. The molecule has 3 rings (SSSR count). The standard InChI is InChI=1S/C21H33N2O4P/c1-17(19-9-5-10-20(13-19)23-11-6-12-27-23)22-14-21(24)16-28(25,26)15-18-7-3-2-4-8-18/h5-6,9-11,13,17-18,21-22,24H,2-4,7-8,12,14-16H2,1H3,(H,25,26)/t17?,21-/m0/s1. The van der Waals surface area contributed by atoms with Crippen molar-refractivity contribution in [2.45, 2.75) is 51.2 Å². The highest BCUT2D eigenvalue weighted by Crippen LogP contribution is 2.45. The minimum Gasteiger partial charge on any atom is -0.391 e. The summed E-state index contributed by atoms with van der Waals surface area (Å²) in [6.45, 7) is 2.89. The highest BCUT2D eigenvalue weighted by molar-refractivity contribution is 7.58. The van der Waals surface area contributed by atoms with Crippen LogP contribution in [0.1, 0.15) is 50.6 Å². The van der Waals surface area contributed by atoms with Crippen LogP contribution in [0.2, 0.25) is 0 Å². The molecule has 1 aliphatic carbocycles. The Morgan fingerprint density at radius 3 is 2.82 bits per heavy atom. The van der Waals surface area contributed by atoms with Gasteiger partial charge in [0.05, 0.1) is 24.6 Å². The van der Waals surface area contributed by atoms with E-state index in [1.54, 1.807) is 5.06 Å². The molecule has 1 aromatic rings. The van der Waals surface area contributed by atoms with Crippen molar-refractivity contribution < 1.29 is 19.4 Å². The van der Waals surface area contributed by atoms with Gasteiger partial charge in [0.2, 0.25) is 7.37 Å². The fraction of sp³-hybridized carbons (Fsp3) is 0.619. The number of nitrogens with zero attached hydrogens (tertiary/aromatic N) is 1. The zero-order chi connectivity index (χ0) is 20.0. The smallest absolute Gasteiger partial charge is 0.203 e. The molecule has 156 valence electrons. The van der Waals surface area contributed by atoms with Gasteiger partial charge in [0.25, 0.3) is 0 Å². The molecule has 2 aliphatic rings. The summed E-state index contributed by atoms with van der Waals surface area (Å²) >= 11 is 0. The number of hydrogen-bond donors (Lipinski definition) is 3. The van der Waals surface area contributed by atoms with Crippen molar-refractivity contribution in [2.24, 2.45) is 5.92 Å². The second-order valence-corrected chi connectivity index (χ2v) is 10.5. The van der Waals surface area contributed by atoms with Gasteiger partial charge in [-0.05, 0) is 49.5 Å². The quantitative estimate of drug-likeness (QED) is 0.539. The van der Waals surface area contributed by atoms with E-state index in [2.05, 4.69) is 5.32 Å². The highest BCUT2D eigenvalue weighted by Gasteiger charge is 2.28. The van der Waals surface area contributed by atoms with Gasteiger partial charge >= 0.3 is 0 Å². The van der Waals surface area contributed by atoms with Crippen LogP contribution in [-0.2, 0) is 9.40 Å². The Hall–Kier alpha value is -1.17. The van der Waals surface area contributed by atoms with Gasteiger partial charge in [-0.25, -0.2) is 5.06 Å². The Kier molecular flexibility index (Phi) is 7.72. The van der Waals surface area contributed by atoms with Crippen LogP contribution in [0.25, 0.3) is 0 Å². The van der Waals surface area contributed by atoms with Gasteiger partial charge in [-0.15, -0.1) is 0 Å². The summed E-state index contributed by atoms with van der Waals surface area (Å²) in [7, 11) is -3.29. The SMILES string of the molecule is CC(NC[C@H](O)CP(=O)(O)CC1CCCCC1)c1cccc(N2C=CCO2)c1. The van der Waals surface area contributed by atoms with Gasteiger partial charge in [-0.3, -0.25) is 9.40 Å². The summed E-state index contributed by atoms with van der Waals surface area (Å²) < 4.78 is 12.5. The maximum Gasteiger partial charge on any atom is 0.203 e. The highest BCUT2D eigenvalue weighted by atomic mass is 31.2. The Morgan fingerprint density at radius 2 is 2.11 bits per heavy atom. The lowest BCUT2D eigenvalue weighted by atomic mass is 9.91. The normalized spacial score (nSPS) is 22.2. The van der Waals surface area contributed by atoms with Crippen molar-refractivity contribution in [1.29, 1.82) is 0 Å². The molecule has 0 saturated heterocycles. The van der Waals surface area contributed by atoms with Gasteiger partial charge in [0, 0.05) is 24.9 Å². The van der Waals surface area contributed by atoms with Crippen LogP contribution in [0, 0.1) is 5.92 Å². The molecular weight excluding hydrogens is 375 g/mol. The van der Waals surface area contributed by atoms with Gasteiger partial charge in [-0.2, -0.15) is 0 Å². The molecule has 3 N–H and O–H groups in total. The molecule has 1 aromatic carbocycles. The maximum atomic E-state index is 12.5. The van der Waals surface area contributed by atoms with Gasteiger partial charge in [0.1, 0.15) is 0 Å². The summed E-state index contributed by atoms with van der Waals surface area (Å²) in [5.74, 6) is 0.341. The number of rotatable bonds is 9. The van der Waals surface area contributed by atoms with Gasteiger partial charge < -0.3 is 15.3 Å². The van der Waals surface area contributed by atoms with Gasteiger partial charge in [-0.1, -0.05) is 31.4 Å². The molecule has 6 nitrogen and oxygen atoms in total. The Labute approximate surface area is 168 Å². The fourth-order valence-electron chi connectivity index (χ4n) is 4.07. The zero-order valence-electron chi connectivity index (χ0n) is 16.7. The fourth-order valence-corrected chi connectivity index (χ4v) is 6.18. The van der Waals surface area contributed by atoms with Gasteiger partial charge in [0.15, 0.2) is 0 Å². The molecule has 2 unspecified atom stereocenters. The van der Waals surface area contributed by atoms with Crippen molar-refractivity contribution >= 4 is 13.1 Å². The first kappa shape index (κ1) is 21.5. The Bertz CT molecular complexity index is 705. The number of benzene rings is 1. The minimum absolute atomic E-state index is 0.0117. The number of aliphatic hydroxyl groups is 1. The number of hydrogen-bond acceptors (Lipinski definition) is 5. The molecule has 1 saturated carbocycles. The molecule has 1 heterocycles. The third kappa shape index (κ3) is 6.43. The van der Waals surface area contributed by atoms with Crippen LogP contribution in [0.3, 0.4) is 0 Å². The van der Waals surface area contributed by atoms with Crippen molar-refractivity contribution in [1.82, 2.24) is 5.32 Å². The van der Waals surface area contributed by atoms with Crippen molar-refractivity contribution in [2.75, 3.05) is 30.5 Å². The molecule has 0 spiro atoms. The average molecular weight is 408 g/mol. The maximum absolute atomic E-state index is 12.5. The van der Waals surface area contributed by atoms with Crippen LogP contribution in [0.4, 0.5) is 5.69 Å². The zero-order valence-corrected chi connectivity index (χ0v) is 17.6. The topological polar surface area (TPSA) is 82.0 Å². The Balaban J connectivity index is 1.47. The molecule has 1 aliphatic heterocycles. The van der Waals surface area contributed by atoms with E-state index in [-0.39, 0.29) is 12.2 Å². The number of hydroxylamine groups is 1. The molecule has 0 bridgehead atoms. The summed E-state index contributed by atoms with van der Waals surface area (Å²) in [6, 6.07) is 8.03. The third-order valence-corrected chi connectivity index (χ3v) is 7.68. The second-order valence-electron chi connectivity index (χ2n) is 8.10. The summed E-state index contributed by atoms with van der Waals surface area (Å²) in [6.07, 6.45) is 8.98. The van der Waals surface area contributed by atoms with E-state index in [0.717, 1.165) is 36.9 Å². The van der Waals surface area contributed by atoms with Crippen LogP contribution < -0.4 is 10.4 Å². The molecular formula is C21H33N2O4P. The molecule has 3 atom stereocenters. The lowest BCUT2D eigenvalue weighted by Crippen LogP contribution is -2.32. The average Bonchev–Trinajstić information content (AvgIpc) is 3.21. The van der Waals surface area contributed by atoms with E-state index in [0.29, 0.717) is 25.2 Å². The van der Waals surface area contributed by atoms with Crippen LogP contribution >= 0.6 is 7.37 Å². The summed E-state index contributed by atoms with van der Waals surface area (Å²) in [4.78, 5) is 15.8. The van der Waals surface area contributed by atoms with Crippen LogP contribution in [0.15, 0.2) is 36.5 Å². The molecule has 7 heteroatoms. The minimum atomic E-state index is -3.29.